The van der Waals surface area contributed by atoms with Gasteiger partial charge in [-0.2, -0.15) is 0 Å². The molecule has 0 atom stereocenters. The zero-order valence-electron chi connectivity index (χ0n) is 11.6. The Morgan fingerprint density at radius 1 is 1.36 bits per heavy atom. The molecule has 6 heteroatoms. The van der Waals surface area contributed by atoms with E-state index in [-0.39, 0.29) is 18.1 Å². The standard InChI is InChI=1S/C16H12N4O2/c1-2-7-20-10-11(5-6-14(20)21)12-9-18-16(17)19-15(12)13-4-3-8-22-13/h1,3-6,8-10H,7H2,(H2,17,18,19). The molecule has 3 rings (SSSR count). The van der Waals surface area contributed by atoms with Crippen molar-refractivity contribution in [3.05, 3.63) is 53.3 Å². The van der Waals surface area contributed by atoms with Gasteiger partial charge in [-0.05, 0) is 18.2 Å². The molecular weight excluding hydrogens is 280 g/mol. The molecule has 0 fully saturated rings. The van der Waals surface area contributed by atoms with Crippen LogP contribution in [0.5, 0.6) is 0 Å². The Hall–Kier alpha value is -3.33. The van der Waals surface area contributed by atoms with E-state index >= 15 is 0 Å². The lowest BCUT2D eigenvalue weighted by Gasteiger charge is -2.09. The van der Waals surface area contributed by atoms with Crippen LogP contribution >= 0.6 is 0 Å². The van der Waals surface area contributed by atoms with E-state index in [1.54, 1.807) is 36.9 Å². The highest BCUT2D eigenvalue weighted by Crippen LogP contribution is 2.30. The van der Waals surface area contributed by atoms with Crippen molar-refractivity contribution in [1.82, 2.24) is 14.5 Å². The fourth-order valence-corrected chi connectivity index (χ4v) is 2.12. The molecule has 3 heterocycles. The summed E-state index contributed by atoms with van der Waals surface area (Å²) in [6.07, 6.45) is 10.1. The van der Waals surface area contributed by atoms with Crippen molar-refractivity contribution in [2.45, 2.75) is 6.54 Å². The van der Waals surface area contributed by atoms with E-state index in [1.807, 2.05) is 0 Å². The highest BCUT2D eigenvalue weighted by Gasteiger charge is 2.13. The fraction of sp³-hybridized carbons (Fsp3) is 0.0625. The second-order valence-electron chi connectivity index (χ2n) is 4.56. The topological polar surface area (TPSA) is 86.9 Å². The molecule has 0 radical (unpaired) electrons. The van der Waals surface area contributed by atoms with Crippen molar-refractivity contribution in [2.75, 3.05) is 5.73 Å². The Morgan fingerprint density at radius 3 is 2.95 bits per heavy atom. The first-order valence-corrected chi connectivity index (χ1v) is 6.50. The first-order chi connectivity index (χ1) is 10.7. The van der Waals surface area contributed by atoms with E-state index in [9.17, 15) is 4.79 Å². The molecule has 0 saturated heterocycles. The lowest BCUT2D eigenvalue weighted by atomic mass is 10.1. The van der Waals surface area contributed by atoms with Gasteiger partial charge in [0.1, 0.15) is 5.69 Å². The molecule has 22 heavy (non-hydrogen) atoms. The molecule has 0 aliphatic carbocycles. The summed E-state index contributed by atoms with van der Waals surface area (Å²) < 4.78 is 6.83. The number of hydrogen-bond acceptors (Lipinski definition) is 5. The first kappa shape index (κ1) is 13.6. The Balaban J connectivity index is 2.19. The first-order valence-electron chi connectivity index (χ1n) is 6.50. The Bertz CT molecular complexity index is 905. The number of nitrogen functional groups attached to an aromatic ring is 1. The van der Waals surface area contributed by atoms with Gasteiger partial charge in [0.2, 0.25) is 5.95 Å². The summed E-state index contributed by atoms with van der Waals surface area (Å²) in [6.45, 7) is 0.193. The van der Waals surface area contributed by atoms with Gasteiger partial charge < -0.3 is 14.7 Å². The summed E-state index contributed by atoms with van der Waals surface area (Å²) in [5.41, 5.74) is 7.51. The van der Waals surface area contributed by atoms with Crippen molar-refractivity contribution in [1.29, 1.82) is 0 Å². The smallest absolute Gasteiger partial charge is 0.251 e. The third-order valence-electron chi connectivity index (χ3n) is 3.12. The second-order valence-corrected chi connectivity index (χ2v) is 4.56. The van der Waals surface area contributed by atoms with Crippen molar-refractivity contribution in [2.24, 2.45) is 0 Å². The van der Waals surface area contributed by atoms with Gasteiger partial charge in [-0.3, -0.25) is 4.79 Å². The Morgan fingerprint density at radius 2 is 2.23 bits per heavy atom. The number of aromatic nitrogens is 3. The maximum atomic E-state index is 11.8. The van der Waals surface area contributed by atoms with E-state index in [0.29, 0.717) is 17.0 Å². The predicted octanol–water partition coefficient (Wildman–Crippen LogP) is 1.78. The van der Waals surface area contributed by atoms with Crippen molar-refractivity contribution in [3.8, 4) is 34.9 Å². The van der Waals surface area contributed by atoms with Crippen LogP contribution in [0.1, 0.15) is 0 Å². The number of anilines is 1. The van der Waals surface area contributed by atoms with Crippen LogP contribution in [-0.2, 0) is 6.54 Å². The molecule has 0 bridgehead atoms. The summed E-state index contributed by atoms with van der Waals surface area (Å²) in [7, 11) is 0. The summed E-state index contributed by atoms with van der Waals surface area (Å²) in [5.74, 6) is 3.16. The van der Waals surface area contributed by atoms with E-state index in [4.69, 9.17) is 16.6 Å². The Labute approximate surface area is 126 Å². The van der Waals surface area contributed by atoms with Crippen LogP contribution in [0.4, 0.5) is 5.95 Å². The van der Waals surface area contributed by atoms with E-state index in [1.165, 1.54) is 10.6 Å². The summed E-state index contributed by atoms with van der Waals surface area (Å²) in [5, 5.41) is 0. The van der Waals surface area contributed by atoms with Crippen LogP contribution in [0.2, 0.25) is 0 Å². The van der Waals surface area contributed by atoms with Crippen LogP contribution < -0.4 is 11.3 Å². The van der Waals surface area contributed by atoms with E-state index < -0.39 is 0 Å². The van der Waals surface area contributed by atoms with Gasteiger partial charge in [-0.1, -0.05) is 5.92 Å². The number of nitrogens with zero attached hydrogens (tertiary/aromatic N) is 3. The van der Waals surface area contributed by atoms with Gasteiger partial charge in [0.05, 0.1) is 12.8 Å². The number of terminal acetylenes is 1. The van der Waals surface area contributed by atoms with Gasteiger partial charge in [-0.15, -0.1) is 6.42 Å². The van der Waals surface area contributed by atoms with Gasteiger partial charge in [0.15, 0.2) is 5.76 Å². The normalized spacial score (nSPS) is 10.3. The number of furan rings is 1. The zero-order chi connectivity index (χ0) is 15.5. The van der Waals surface area contributed by atoms with Crippen LogP contribution in [0.15, 0.2) is 52.1 Å². The van der Waals surface area contributed by atoms with Crippen LogP contribution in [0.3, 0.4) is 0 Å². The molecule has 108 valence electrons. The summed E-state index contributed by atoms with van der Waals surface area (Å²) >= 11 is 0. The minimum absolute atomic E-state index is 0.145. The zero-order valence-corrected chi connectivity index (χ0v) is 11.6. The van der Waals surface area contributed by atoms with E-state index in [0.717, 1.165) is 5.56 Å². The molecule has 2 N–H and O–H groups in total. The molecule has 0 unspecified atom stereocenters. The number of nitrogens with two attached hydrogens (primary N) is 1. The molecule has 0 amide bonds. The van der Waals surface area contributed by atoms with Gasteiger partial charge >= 0.3 is 0 Å². The monoisotopic (exact) mass is 292 g/mol. The highest BCUT2D eigenvalue weighted by atomic mass is 16.3. The number of hydrogen-bond donors (Lipinski definition) is 1. The average molecular weight is 292 g/mol. The second kappa shape index (κ2) is 5.58. The van der Waals surface area contributed by atoms with Gasteiger partial charge in [-0.25, -0.2) is 9.97 Å². The maximum Gasteiger partial charge on any atom is 0.251 e. The largest absolute Gasteiger partial charge is 0.463 e. The summed E-state index contributed by atoms with van der Waals surface area (Å²) in [4.78, 5) is 20.0. The maximum absolute atomic E-state index is 11.8. The minimum atomic E-state index is -0.169. The predicted molar refractivity (Wildman–Crippen MR) is 82.7 cm³/mol. The number of rotatable bonds is 3. The van der Waals surface area contributed by atoms with Crippen LogP contribution in [0.25, 0.3) is 22.6 Å². The molecule has 3 aromatic rings. The molecule has 6 nitrogen and oxygen atoms in total. The molecule has 0 saturated carbocycles. The molecule has 0 aliphatic rings. The molecular formula is C16H12N4O2. The summed E-state index contributed by atoms with van der Waals surface area (Å²) in [6, 6.07) is 6.69. The number of pyridine rings is 1. The van der Waals surface area contributed by atoms with Crippen molar-refractivity contribution in [3.63, 3.8) is 0 Å². The van der Waals surface area contributed by atoms with Crippen molar-refractivity contribution >= 4 is 5.95 Å². The van der Waals surface area contributed by atoms with Gasteiger partial charge in [0, 0.05) is 29.6 Å². The van der Waals surface area contributed by atoms with Crippen molar-refractivity contribution < 1.29 is 4.42 Å². The molecule has 0 aromatic carbocycles. The lowest BCUT2D eigenvalue weighted by Crippen LogP contribution is -2.17. The molecule has 0 spiro atoms. The lowest BCUT2D eigenvalue weighted by molar-refractivity contribution is 0.580. The van der Waals surface area contributed by atoms with Crippen LogP contribution in [0, 0.1) is 12.3 Å². The SMILES string of the molecule is C#CCn1cc(-c2cnc(N)nc2-c2ccco2)ccc1=O. The third kappa shape index (κ3) is 2.47. The minimum Gasteiger partial charge on any atom is -0.463 e. The van der Waals surface area contributed by atoms with Crippen LogP contribution in [-0.4, -0.2) is 14.5 Å². The molecule has 0 aliphatic heterocycles. The highest BCUT2D eigenvalue weighted by molar-refractivity contribution is 5.78. The quantitative estimate of drug-likeness (QED) is 0.743. The molecule has 3 aromatic heterocycles. The fourth-order valence-electron chi connectivity index (χ4n) is 2.12. The van der Waals surface area contributed by atoms with E-state index in [2.05, 4.69) is 15.9 Å². The van der Waals surface area contributed by atoms with Gasteiger partial charge in [0.25, 0.3) is 5.56 Å². The third-order valence-corrected chi connectivity index (χ3v) is 3.12. The average Bonchev–Trinajstić information content (AvgIpc) is 3.04. The Kier molecular flexibility index (Phi) is 3.46.